The number of carbonyl (C=O) groups is 2. The number of benzene rings is 1. The average Bonchev–Trinajstić information content (AvgIpc) is 2.74. The molecule has 1 saturated carbocycles. The Labute approximate surface area is 125 Å². The fraction of sp³-hybridized carbons (Fsp3) is 0.529. The molecule has 2 aliphatic rings. The predicted molar refractivity (Wildman–Crippen MR) is 80.9 cm³/mol. The summed E-state index contributed by atoms with van der Waals surface area (Å²) in [6.07, 6.45) is 6.47. The Kier molecular flexibility index (Phi) is 4.06. The molecule has 1 aromatic rings. The molecule has 0 bridgehead atoms. The van der Waals surface area contributed by atoms with Gasteiger partial charge >= 0.3 is 0 Å². The van der Waals surface area contributed by atoms with Crippen LogP contribution >= 0.6 is 0 Å². The Morgan fingerprint density at radius 3 is 2.62 bits per heavy atom. The second-order valence-electron chi connectivity index (χ2n) is 6.31. The molecule has 2 amide bonds. The number of aryl methyl sites for hydroxylation is 1. The first-order valence-electron chi connectivity index (χ1n) is 7.93. The van der Waals surface area contributed by atoms with Gasteiger partial charge in [0.2, 0.25) is 5.91 Å². The summed E-state index contributed by atoms with van der Waals surface area (Å²) in [5.74, 6) is -0.112. The van der Waals surface area contributed by atoms with Crippen molar-refractivity contribution in [2.24, 2.45) is 0 Å². The van der Waals surface area contributed by atoms with E-state index in [2.05, 4.69) is 5.32 Å². The van der Waals surface area contributed by atoms with E-state index in [4.69, 9.17) is 0 Å². The molecule has 21 heavy (non-hydrogen) atoms. The fourth-order valence-corrected chi connectivity index (χ4v) is 3.50. The smallest absolute Gasteiger partial charge is 0.292 e. The van der Waals surface area contributed by atoms with Gasteiger partial charge in [-0.3, -0.25) is 9.59 Å². The molecular weight excluding hydrogens is 264 g/mol. The van der Waals surface area contributed by atoms with Crippen LogP contribution in [-0.2, 0) is 9.59 Å². The van der Waals surface area contributed by atoms with Crippen molar-refractivity contribution in [1.82, 2.24) is 0 Å². The first-order chi connectivity index (χ1) is 10.1. The molecule has 2 fully saturated rings. The lowest BCUT2D eigenvalue weighted by molar-refractivity contribution is -0.710. The Bertz CT molecular complexity index is 549. The van der Waals surface area contributed by atoms with Crippen LogP contribution < -0.4 is 10.2 Å². The van der Waals surface area contributed by atoms with Gasteiger partial charge in [-0.2, -0.15) is 0 Å². The normalized spacial score (nSPS) is 23.9. The molecule has 0 radical (unpaired) electrons. The van der Waals surface area contributed by atoms with Crippen molar-refractivity contribution in [3.05, 3.63) is 29.8 Å². The highest BCUT2D eigenvalue weighted by Gasteiger charge is 2.43. The minimum Gasteiger partial charge on any atom is -0.333 e. The highest BCUT2D eigenvalue weighted by atomic mass is 16.2. The van der Waals surface area contributed by atoms with Crippen LogP contribution in [0.4, 0.5) is 5.69 Å². The van der Waals surface area contributed by atoms with Gasteiger partial charge in [-0.15, -0.1) is 0 Å². The minimum atomic E-state index is -0.221. The van der Waals surface area contributed by atoms with E-state index in [1.54, 1.807) is 0 Å². The maximum atomic E-state index is 12.6. The van der Waals surface area contributed by atoms with E-state index >= 15 is 0 Å². The highest BCUT2D eigenvalue weighted by Crippen LogP contribution is 2.23. The molecule has 0 spiro atoms. The monoisotopic (exact) mass is 287 g/mol. The summed E-state index contributed by atoms with van der Waals surface area (Å²) >= 11 is 0. The number of quaternary nitrogens is 1. The van der Waals surface area contributed by atoms with Gasteiger partial charge in [0.25, 0.3) is 5.91 Å². The lowest BCUT2D eigenvalue weighted by Crippen LogP contribution is -2.96. The molecule has 112 valence electrons. The molecular formula is C17H23N2O2+. The van der Waals surface area contributed by atoms with E-state index < -0.39 is 0 Å². The summed E-state index contributed by atoms with van der Waals surface area (Å²) in [7, 11) is 0. The minimum absolute atomic E-state index is 0.0452. The van der Waals surface area contributed by atoms with Crippen LogP contribution in [0, 0.1) is 6.92 Å². The quantitative estimate of drug-likeness (QED) is 0.857. The molecule has 2 N–H and O–H groups in total. The largest absolute Gasteiger partial charge is 0.333 e. The van der Waals surface area contributed by atoms with Crippen LogP contribution in [0.1, 0.15) is 44.1 Å². The second-order valence-corrected chi connectivity index (χ2v) is 6.31. The van der Waals surface area contributed by atoms with Crippen molar-refractivity contribution in [3.63, 3.8) is 0 Å². The summed E-state index contributed by atoms with van der Waals surface area (Å²) in [6, 6.07) is 7.90. The topological polar surface area (TPSA) is 54.0 Å². The van der Waals surface area contributed by atoms with E-state index in [9.17, 15) is 9.59 Å². The van der Waals surface area contributed by atoms with E-state index in [-0.39, 0.29) is 17.9 Å². The van der Waals surface area contributed by atoms with Crippen molar-refractivity contribution < 1.29 is 14.9 Å². The summed E-state index contributed by atoms with van der Waals surface area (Å²) in [4.78, 5) is 26.2. The summed E-state index contributed by atoms with van der Waals surface area (Å²) in [5, 5.41) is 2.15. The fourth-order valence-electron chi connectivity index (χ4n) is 3.50. The number of hydrogen-bond donors (Lipinski definition) is 1. The van der Waals surface area contributed by atoms with Crippen LogP contribution in [-0.4, -0.2) is 23.9 Å². The molecule has 3 rings (SSSR count). The average molecular weight is 287 g/mol. The molecule has 4 nitrogen and oxygen atoms in total. The zero-order chi connectivity index (χ0) is 14.8. The number of hydrogen-bond acceptors (Lipinski definition) is 2. The third kappa shape index (κ3) is 3.00. The zero-order valence-corrected chi connectivity index (χ0v) is 12.5. The van der Waals surface area contributed by atoms with Crippen molar-refractivity contribution in [2.45, 2.75) is 57.5 Å². The van der Waals surface area contributed by atoms with E-state index in [0.717, 1.165) is 5.56 Å². The summed E-state index contributed by atoms with van der Waals surface area (Å²) < 4.78 is 0. The summed E-state index contributed by atoms with van der Waals surface area (Å²) in [6.45, 7) is 1.97. The van der Waals surface area contributed by atoms with Crippen LogP contribution in [0.15, 0.2) is 24.3 Å². The number of amides is 2. The van der Waals surface area contributed by atoms with Gasteiger partial charge in [0, 0.05) is 0 Å². The Balaban J connectivity index is 1.72. The maximum absolute atomic E-state index is 12.6. The number of imide groups is 1. The second kappa shape index (κ2) is 5.98. The van der Waals surface area contributed by atoms with Gasteiger partial charge < -0.3 is 5.32 Å². The van der Waals surface area contributed by atoms with Gasteiger partial charge in [0.1, 0.15) is 0 Å². The molecule has 1 aliphatic carbocycles. The standard InChI is InChI=1S/C17H22N2O2/c1-12-6-5-9-14(10-12)19-16(20)11-15(17(19)21)18-13-7-3-2-4-8-13/h5-6,9-10,13,15,18H,2-4,7-8,11H2,1H3/p+1/t15-/m0/s1. The number of nitrogens with two attached hydrogens (primary N) is 1. The van der Waals surface area contributed by atoms with E-state index in [1.807, 2.05) is 31.2 Å². The van der Waals surface area contributed by atoms with Crippen molar-refractivity contribution in [1.29, 1.82) is 0 Å². The van der Waals surface area contributed by atoms with Gasteiger partial charge in [-0.25, -0.2) is 4.90 Å². The molecule has 1 saturated heterocycles. The first kappa shape index (κ1) is 14.3. The Morgan fingerprint density at radius 2 is 1.90 bits per heavy atom. The van der Waals surface area contributed by atoms with Crippen molar-refractivity contribution in [2.75, 3.05) is 4.90 Å². The zero-order valence-electron chi connectivity index (χ0n) is 12.5. The maximum Gasteiger partial charge on any atom is 0.292 e. The lowest BCUT2D eigenvalue weighted by Gasteiger charge is -2.22. The van der Waals surface area contributed by atoms with E-state index in [1.165, 1.54) is 37.0 Å². The molecule has 0 aromatic heterocycles. The first-order valence-corrected chi connectivity index (χ1v) is 7.93. The lowest BCUT2D eigenvalue weighted by atomic mass is 9.95. The Hall–Kier alpha value is -1.68. The van der Waals surface area contributed by atoms with Crippen LogP contribution in [0.5, 0.6) is 0 Å². The van der Waals surface area contributed by atoms with Crippen LogP contribution in [0.25, 0.3) is 0 Å². The van der Waals surface area contributed by atoms with Gasteiger partial charge in [-0.05, 0) is 50.3 Å². The molecule has 1 heterocycles. The van der Waals surface area contributed by atoms with Crippen molar-refractivity contribution >= 4 is 17.5 Å². The van der Waals surface area contributed by atoms with Crippen molar-refractivity contribution in [3.8, 4) is 0 Å². The SMILES string of the molecule is Cc1cccc(N2C(=O)C[C@H]([NH2+]C3CCCCC3)C2=O)c1. The van der Waals surface area contributed by atoms with Gasteiger partial charge in [-0.1, -0.05) is 18.6 Å². The van der Waals surface area contributed by atoms with Crippen LogP contribution in [0.3, 0.4) is 0 Å². The molecule has 1 aliphatic heterocycles. The van der Waals surface area contributed by atoms with E-state index in [0.29, 0.717) is 18.2 Å². The number of anilines is 1. The molecule has 4 heteroatoms. The Morgan fingerprint density at radius 1 is 1.14 bits per heavy atom. The molecule has 0 unspecified atom stereocenters. The number of nitrogens with zero attached hydrogens (tertiary/aromatic N) is 1. The molecule has 1 aromatic carbocycles. The molecule has 1 atom stereocenters. The number of rotatable bonds is 3. The van der Waals surface area contributed by atoms with Gasteiger partial charge in [0.15, 0.2) is 6.04 Å². The third-order valence-electron chi connectivity index (χ3n) is 4.60. The van der Waals surface area contributed by atoms with Crippen LogP contribution in [0.2, 0.25) is 0 Å². The number of carbonyl (C=O) groups excluding carboxylic acids is 2. The highest BCUT2D eigenvalue weighted by molar-refractivity contribution is 6.21. The van der Waals surface area contributed by atoms with Gasteiger partial charge in [0.05, 0.1) is 18.2 Å². The third-order valence-corrected chi connectivity index (χ3v) is 4.60. The summed E-state index contributed by atoms with van der Waals surface area (Å²) in [5.41, 5.74) is 1.78. The predicted octanol–water partition coefficient (Wildman–Crippen LogP) is 1.52.